The zero-order valence-electron chi connectivity index (χ0n) is 16.6. The summed E-state index contributed by atoms with van der Waals surface area (Å²) in [5.41, 5.74) is 2.05. The van der Waals surface area contributed by atoms with Crippen LogP contribution in [-0.4, -0.2) is 39.9 Å². The van der Waals surface area contributed by atoms with E-state index in [4.69, 9.17) is 0 Å². The molecule has 1 aromatic rings. The van der Waals surface area contributed by atoms with Gasteiger partial charge in [-0.25, -0.2) is 0 Å². The number of carbonyl (C=O) groups is 2. The third kappa shape index (κ3) is 5.63. The van der Waals surface area contributed by atoms with Crippen LogP contribution in [0.1, 0.15) is 52.7 Å². The highest BCUT2D eigenvalue weighted by Gasteiger charge is 2.35. The van der Waals surface area contributed by atoms with Crippen molar-refractivity contribution in [3.05, 3.63) is 41.5 Å². The predicted molar refractivity (Wildman–Crippen MR) is 110 cm³/mol. The molecular formula is C21H30N2O2S. The Kier molecular flexibility index (Phi) is 6.22. The van der Waals surface area contributed by atoms with Crippen molar-refractivity contribution in [2.45, 2.75) is 58.5 Å². The third-order valence-electron chi connectivity index (χ3n) is 4.16. The molecule has 2 rings (SSSR count). The van der Waals surface area contributed by atoms with Gasteiger partial charge in [-0.15, -0.1) is 11.8 Å². The summed E-state index contributed by atoms with van der Waals surface area (Å²) in [5, 5.41) is 2.97. The van der Waals surface area contributed by atoms with Gasteiger partial charge in [0.1, 0.15) is 6.04 Å². The second-order valence-corrected chi connectivity index (χ2v) is 9.77. The summed E-state index contributed by atoms with van der Waals surface area (Å²) in [6.07, 6.45) is 3.38. The molecule has 1 aromatic carbocycles. The van der Waals surface area contributed by atoms with Crippen LogP contribution >= 0.6 is 11.8 Å². The third-order valence-corrected chi connectivity index (χ3v) is 5.17. The molecule has 1 heterocycles. The molecule has 2 amide bonds. The van der Waals surface area contributed by atoms with E-state index in [-0.39, 0.29) is 22.8 Å². The molecule has 5 heteroatoms. The van der Waals surface area contributed by atoms with Gasteiger partial charge in [0.25, 0.3) is 0 Å². The van der Waals surface area contributed by atoms with Crippen LogP contribution in [0.5, 0.6) is 0 Å². The molecule has 0 radical (unpaired) electrons. The quantitative estimate of drug-likeness (QED) is 0.819. The lowest BCUT2D eigenvalue weighted by atomic mass is 9.87. The summed E-state index contributed by atoms with van der Waals surface area (Å²) in [6.45, 7) is 12.4. The van der Waals surface area contributed by atoms with Gasteiger partial charge in [0.2, 0.25) is 11.8 Å². The lowest BCUT2D eigenvalue weighted by Crippen LogP contribution is -2.52. The Morgan fingerprint density at radius 1 is 1.12 bits per heavy atom. The number of benzene rings is 1. The average Bonchev–Trinajstić information content (AvgIpc) is 3.00. The molecule has 1 atom stereocenters. The van der Waals surface area contributed by atoms with E-state index >= 15 is 0 Å². The molecule has 1 fully saturated rings. The number of hydrogen-bond donors (Lipinski definition) is 1. The monoisotopic (exact) mass is 374 g/mol. The maximum absolute atomic E-state index is 12.6. The number of nitrogens with zero attached hydrogens (tertiary/aromatic N) is 1. The smallest absolute Gasteiger partial charge is 0.247 e. The van der Waals surface area contributed by atoms with Crippen molar-refractivity contribution in [1.82, 2.24) is 10.2 Å². The fourth-order valence-corrected chi connectivity index (χ4v) is 3.85. The highest BCUT2D eigenvalue weighted by atomic mass is 32.2. The Bertz CT molecular complexity index is 681. The van der Waals surface area contributed by atoms with E-state index in [2.05, 4.69) is 38.2 Å². The number of rotatable bonds is 3. The van der Waals surface area contributed by atoms with Gasteiger partial charge >= 0.3 is 0 Å². The first-order valence-corrected chi connectivity index (χ1v) is 10.1. The van der Waals surface area contributed by atoms with E-state index in [1.54, 1.807) is 22.7 Å². The molecule has 0 aliphatic carbocycles. The molecule has 1 aliphatic rings. The van der Waals surface area contributed by atoms with E-state index in [1.165, 1.54) is 5.56 Å². The number of hydrogen-bond acceptors (Lipinski definition) is 3. The predicted octanol–water partition coefficient (Wildman–Crippen LogP) is 3.81. The summed E-state index contributed by atoms with van der Waals surface area (Å²) in [7, 11) is 0. The van der Waals surface area contributed by atoms with Crippen LogP contribution in [0.3, 0.4) is 0 Å². The minimum absolute atomic E-state index is 0.0845. The van der Waals surface area contributed by atoms with Crippen LogP contribution in [0.15, 0.2) is 30.3 Å². The van der Waals surface area contributed by atoms with Gasteiger partial charge in [-0.05, 0) is 43.4 Å². The summed E-state index contributed by atoms with van der Waals surface area (Å²) in [5.74, 6) is 0.985. The second-order valence-electron chi connectivity index (χ2n) is 8.77. The lowest BCUT2D eigenvalue weighted by molar-refractivity contribution is -0.135. The van der Waals surface area contributed by atoms with E-state index in [9.17, 15) is 9.59 Å². The zero-order chi connectivity index (χ0) is 19.5. The van der Waals surface area contributed by atoms with Gasteiger partial charge in [0, 0.05) is 17.4 Å². The fraction of sp³-hybridized carbons (Fsp3) is 0.524. The molecule has 4 nitrogen and oxygen atoms in total. The highest BCUT2D eigenvalue weighted by Crippen LogP contribution is 2.24. The summed E-state index contributed by atoms with van der Waals surface area (Å²) >= 11 is 1.61. The van der Waals surface area contributed by atoms with E-state index in [0.29, 0.717) is 11.6 Å². The summed E-state index contributed by atoms with van der Waals surface area (Å²) in [4.78, 5) is 26.7. The van der Waals surface area contributed by atoms with Crippen LogP contribution in [0.4, 0.5) is 0 Å². The van der Waals surface area contributed by atoms with Crippen molar-refractivity contribution in [2.24, 2.45) is 0 Å². The van der Waals surface area contributed by atoms with Gasteiger partial charge in [0.15, 0.2) is 0 Å². The Morgan fingerprint density at radius 3 is 2.27 bits per heavy atom. The number of amides is 2. The van der Waals surface area contributed by atoms with E-state index in [0.717, 1.165) is 5.56 Å². The first kappa shape index (κ1) is 20.6. The molecule has 142 valence electrons. The maximum atomic E-state index is 12.6. The Hall–Kier alpha value is -1.75. The molecule has 0 unspecified atom stereocenters. The van der Waals surface area contributed by atoms with Crippen LogP contribution in [0.2, 0.25) is 0 Å². The molecule has 1 N–H and O–H groups in total. The molecule has 1 saturated heterocycles. The SMILES string of the molecule is CC(C)(C)NC(=O)[C@@H]1CSCN1C(=O)/C=C/c1ccc(C(C)(C)C)cc1. The van der Waals surface area contributed by atoms with Crippen LogP contribution in [-0.2, 0) is 15.0 Å². The fourth-order valence-electron chi connectivity index (χ4n) is 2.69. The standard InChI is InChI=1S/C21H30N2O2S/c1-20(2,3)16-10-7-15(8-11-16)9-12-18(24)23-14-26-13-17(23)19(25)22-21(4,5)6/h7-12,17H,13-14H2,1-6H3,(H,22,25)/b12-9+/t17-/m0/s1. The summed E-state index contributed by atoms with van der Waals surface area (Å²) < 4.78 is 0. The van der Waals surface area contributed by atoms with Gasteiger partial charge < -0.3 is 10.2 Å². The minimum Gasteiger partial charge on any atom is -0.350 e. The van der Waals surface area contributed by atoms with Gasteiger partial charge in [-0.2, -0.15) is 0 Å². The summed E-state index contributed by atoms with van der Waals surface area (Å²) in [6, 6.07) is 7.82. The largest absolute Gasteiger partial charge is 0.350 e. The lowest BCUT2D eigenvalue weighted by Gasteiger charge is -2.27. The van der Waals surface area contributed by atoms with Crippen LogP contribution in [0.25, 0.3) is 6.08 Å². The van der Waals surface area contributed by atoms with Crippen molar-refractivity contribution < 1.29 is 9.59 Å². The van der Waals surface area contributed by atoms with E-state index < -0.39 is 6.04 Å². The highest BCUT2D eigenvalue weighted by molar-refractivity contribution is 7.99. The van der Waals surface area contributed by atoms with Crippen molar-refractivity contribution in [1.29, 1.82) is 0 Å². The molecule has 0 aromatic heterocycles. The van der Waals surface area contributed by atoms with Crippen molar-refractivity contribution in [2.75, 3.05) is 11.6 Å². The normalized spacial score (nSPS) is 18.4. The number of nitrogens with one attached hydrogen (secondary N) is 1. The first-order chi connectivity index (χ1) is 12.0. The van der Waals surface area contributed by atoms with Crippen molar-refractivity contribution >= 4 is 29.7 Å². The molecule has 0 saturated carbocycles. The second kappa shape index (κ2) is 7.87. The Balaban J connectivity index is 2.04. The van der Waals surface area contributed by atoms with Gasteiger partial charge in [-0.3, -0.25) is 9.59 Å². The maximum Gasteiger partial charge on any atom is 0.247 e. The zero-order valence-corrected chi connectivity index (χ0v) is 17.4. The number of carbonyl (C=O) groups excluding carboxylic acids is 2. The van der Waals surface area contributed by atoms with Gasteiger partial charge in [0.05, 0.1) is 5.88 Å². The average molecular weight is 375 g/mol. The topological polar surface area (TPSA) is 49.4 Å². The number of thioether (sulfide) groups is 1. The minimum atomic E-state index is -0.403. The van der Waals surface area contributed by atoms with E-state index in [1.807, 2.05) is 39.0 Å². The van der Waals surface area contributed by atoms with Crippen molar-refractivity contribution in [3.63, 3.8) is 0 Å². The molecule has 26 heavy (non-hydrogen) atoms. The van der Waals surface area contributed by atoms with Crippen LogP contribution < -0.4 is 5.32 Å². The molecular weight excluding hydrogens is 344 g/mol. The molecule has 1 aliphatic heterocycles. The van der Waals surface area contributed by atoms with Crippen LogP contribution in [0, 0.1) is 0 Å². The molecule has 0 spiro atoms. The Morgan fingerprint density at radius 2 is 1.73 bits per heavy atom. The molecule has 0 bridgehead atoms. The van der Waals surface area contributed by atoms with Crippen molar-refractivity contribution in [3.8, 4) is 0 Å². The first-order valence-electron chi connectivity index (χ1n) is 8.96. The van der Waals surface area contributed by atoms with Gasteiger partial charge in [-0.1, -0.05) is 45.0 Å². The Labute approximate surface area is 161 Å².